The van der Waals surface area contributed by atoms with Gasteiger partial charge in [-0.1, -0.05) is 18.2 Å². The van der Waals surface area contributed by atoms with Crippen LogP contribution in [0.4, 0.5) is 10.5 Å². The van der Waals surface area contributed by atoms with Crippen LogP contribution in [0.3, 0.4) is 0 Å². The number of amides is 4. The van der Waals surface area contributed by atoms with E-state index in [1.54, 1.807) is 0 Å². The number of rotatable bonds is 7. The maximum Gasteiger partial charge on any atom is 0.322 e. The molecule has 0 spiro atoms. The van der Waals surface area contributed by atoms with E-state index in [0.717, 1.165) is 5.69 Å². The Morgan fingerprint density at radius 2 is 2.00 bits per heavy atom. The normalized spacial score (nSPS) is 18.1. The zero-order valence-electron chi connectivity index (χ0n) is 13.3. The Morgan fingerprint density at radius 1 is 1.30 bits per heavy atom. The Kier molecular flexibility index (Phi) is 5.56. The summed E-state index contributed by atoms with van der Waals surface area (Å²) < 4.78 is 0. The van der Waals surface area contributed by atoms with E-state index in [1.165, 1.54) is 0 Å². The summed E-state index contributed by atoms with van der Waals surface area (Å²) in [5.74, 6) is -0.507. The van der Waals surface area contributed by atoms with Crippen molar-refractivity contribution in [1.29, 1.82) is 0 Å². The zero-order chi connectivity index (χ0) is 16.8. The highest BCUT2D eigenvalue weighted by molar-refractivity contribution is 6.04. The molecule has 1 aromatic carbocycles. The maximum atomic E-state index is 11.9. The van der Waals surface area contributed by atoms with Gasteiger partial charge < -0.3 is 15.5 Å². The van der Waals surface area contributed by atoms with E-state index in [2.05, 4.69) is 20.9 Å². The predicted octanol–water partition coefficient (Wildman–Crippen LogP) is 0.616. The van der Waals surface area contributed by atoms with Crippen molar-refractivity contribution in [2.24, 2.45) is 0 Å². The van der Waals surface area contributed by atoms with Gasteiger partial charge in [0.25, 0.3) is 5.91 Å². The molecule has 4 amide bonds. The van der Waals surface area contributed by atoms with Gasteiger partial charge in [-0.25, -0.2) is 4.79 Å². The van der Waals surface area contributed by atoms with Gasteiger partial charge in [-0.3, -0.25) is 14.9 Å². The third-order valence-electron chi connectivity index (χ3n) is 3.94. The number of imide groups is 1. The van der Waals surface area contributed by atoms with Crippen molar-refractivity contribution in [2.45, 2.75) is 31.8 Å². The molecule has 2 atom stereocenters. The van der Waals surface area contributed by atoms with E-state index in [-0.39, 0.29) is 24.3 Å². The molecule has 1 aromatic rings. The molecule has 0 aliphatic carbocycles. The standard InChI is InChI=1S/C16H22N4O3/c1-11(20(2)12-6-4-3-5-7-12)10-17-14(21)9-8-13-15(22)19-16(23)18-13/h3-7,11,13H,8-10H2,1-2H3,(H,17,21)(H2,18,19,22,23). The van der Waals surface area contributed by atoms with Gasteiger partial charge in [0.1, 0.15) is 6.04 Å². The summed E-state index contributed by atoms with van der Waals surface area (Å²) in [5, 5.41) is 7.48. The molecule has 1 fully saturated rings. The second-order valence-corrected chi connectivity index (χ2v) is 5.65. The van der Waals surface area contributed by atoms with Gasteiger partial charge in [0, 0.05) is 31.7 Å². The molecule has 1 aliphatic heterocycles. The lowest BCUT2D eigenvalue weighted by Crippen LogP contribution is -2.40. The van der Waals surface area contributed by atoms with Crippen LogP contribution in [0, 0.1) is 0 Å². The second-order valence-electron chi connectivity index (χ2n) is 5.65. The van der Waals surface area contributed by atoms with Crippen molar-refractivity contribution in [3.8, 4) is 0 Å². The highest BCUT2D eigenvalue weighted by Gasteiger charge is 2.29. The zero-order valence-corrected chi connectivity index (χ0v) is 13.3. The molecule has 3 N–H and O–H groups in total. The first-order valence-electron chi connectivity index (χ1n) is 7.63. The fourth-order valence-electron chi connectivity index (χ4n) is 2.34. The summed E-state index contributed by atoms with van der Waals surface area (Å²) >= 11 is 0. The fraction of sp³-hybridized carbons (Fsp3) is 0.438. The minimum absolute atomic E-state index is 0.132. The number of nitrogens with one attached hydrogen (secondary N) is 3. The first-order chi connectivity index (χ1) is 11.0. The summed E-state index contributed by atoms with van der Waals surface area (Å²) in [6, 6.07) is 8.95. The van der Waals surface area contributed by atoms with E-state index in [9.17, 15) is 14.4 Å². The number of carbonyl (C=O) groups is 3. The molecule has 0 saturated carbocycles. The van der Waals surface area contributed by atoms with Crippen molar-refractivity contribution < 1.29 is 14.4 Å². The third-order valence-corrected chi connectivity index (χ3v) is 3.94. The smallest absolute Gasteiger partial charge is 0.322 e. The van der Waals surface area contributed by atoms with Gasteiger partial charge in [-0.2, -0.15) is 0 Å². The molecule has 23 heavy (non-hydrogen) atoms. The highest BCUT2D eigenvalue weighted by Crippen LogP contribution is 2.13. The lowest BCUT2D eigenvalue weighted by atomic mass is 10.1. The Hall–Kier alpha value is -2.57. The molecule has 7 heteroatoms. The van der Waals surface area contributed by atoms with Crippen LogP contribution >= 0.6 is 0 Å². The topological polar surface area (TPSA) is 90.5 Å². The van der Waals surface area contributed by atoms with Gasteiger partial charge in [-0.15, -0.1) is 0 Å². The third kappa shape index (κ3) is 4.70. The van der Waals surface area contributed by atoms with Crippen molar-refractivity contribution in [3.63, 3.8) is 0 Å². The van der Waals surface area contributed by atoms with Gasteiger partial charge in [0.15, 0.2) is 0 Å². The van der Waals surface area contributed by atoms with E-state index in [1.807, 2.05) is 44.3 Å². The summed E-state index contributed by atoms with van der Waals surface area (Å²) in [6.45, 7) is 2.53. The fourth-order valence-corrected chi connectivity index (χ4v) is 2.34. The Morgan fingerprint density at radius 3 is 2.61 bits per heavy atom. The molecular formula is C16H22N4O3. The number of anilines is 1. The van der Waals surface area contributed by atoms with E-state index >= 15 is 0 Å². The second kappa shape index (κ2) is 7.62. The first-order valence-corrected chi connectivity index (χ1v) is 7.63. The molecule has 2 rings (SSSR count). The Bertz CT molecular complexity index is 576. The van der Waals surface area contributed by atoms with Crippen LogP contribution in [0.2, 0.25) is 0 Å². The number of hydrogen-bond donors (Lipinski definition) is 3. The summed E-state index contributed by atoms with van der Waals surface area (Å²) in [4.78, 5) is 36.3. The lowest BCUT2D eigenvalue weighted by molar-refractivity contribution is -0.122. The van der Waals surface area contributed by atoms with Crippen LogP contribution in [0.15, 0.2) is 30.3 Å². The molecule has 1 heterocycles. The van der Waals surface area contributed by atoms with Crippen LogP contribution < -0.4 is 20.9 Å². The minimum atomic E-state index is -0.613. The average Bonchev–Trinajstić information content (AvgIpc) is 2.88. The van der Waals surface area contributed by atoms with Gasteiger partial charge in [0.05, 0.1) is 0 Å². The molecule has 0 aromatic heterocycles. The predicted molar refractivity (Wildman–Crippen MR) is 87.0 cm³/mol. The van der Waals surface area contributed by atoms with Crippen LogP contribution in [-0.4, -0.2) is 43.5 Å². The number of urea groups is 1. The molecule has 7 nitrogen and oxygen atoms in total. The molecule has 1 saturated heterocycles. The van der Waals surface area contributed by atoms with E-state index in [4.69, 9.17) is 0 Å². The number of benzene rings is 1. The summed E-state index contributed by atoms with van der Waals surface area (Å²) in [7, 11) is 1.98. The largest absolute Gasteiger partial charge is 0.370 e. The van der Waals surface area contributed by atoms with Gasteiger partial charge >= 0.3 is 6.03 Å². The average molecular weight is 318 g/mol. The van der Waals surface area contributed by atoms with Crippen molar-refractivity contribution in [3.05, 3.63) is 30.3 Å². The quantitative estimate of drug-likeness (QED) is 0.643. The molecule has 0 bridgehead atoms. The minimum Gasteiger partial charge on any atom is -0.370 e. The monoisotopic (exact) mass is 318 g/mol. The Labute approximate surface area is 135 Å². The lowest BCUT2D eigenvalue weighted by Gasteiger charge is -2.27. The van der Waals surface area contributed by atoms with Gasteiger partial charge in [0.2, 0.25) is 5.91 Å². The number of likely N-dealkylation sites (N-methyl/N-ethyl adjacent to an activating group) is 1. The SMILES string of the molecule is CC(CNC(=O)CCC1NC(=O)NC1=O)N(C)c1ccccc1. The first kappa shape index (κ1) is 16.8. The molecule has 1 aliphatic rings. The number of para-hydroxylation sites is 1. The van der Waals surface area contributed by atoms with Crippen LogP contribution in [-0.2, 0) is 9.59 Å². The Balaban J connectivity index is 1.71. The maximum absolute atomic E-state index is 11.9. The van der Waals surface area contributed by atoms with Crippen LogP contribution in [0.25, 0.3) is 0 Å². The number of nitrogens with zero attached hydrogens (tertiary/aromatic N) is 1. The van der Waals surface area contributed by atoms with Crippen LogP contribution in [0.1, 0.15) is 19.8 Å². The molecule has 0 radical (unpaired) electrons. The van der Waals surface area contributed by atoms with Crippen LogP contribution in [0.5, 0.6) is 0 Å². The van der Waals surface area contributed by atoms with E-state index in [0.29, 0.717) is 13.0 Å². The number of carbonyl (C=O) groups excluding carboxylic acids is 3. The molecular weight excluding hydrogens is 296 g/mol. The van der Waals surface area contributed by atoms with Crippen molar-refractivity contribution >= 4 is 23.5 Å². The highest BCUT2D eigenvalue weighted by atomic mass is 16.2. The van der Waals surface area contributed by atoms with Gasteiger partial charge in [-0.05, 0) is 25.5 Å². The van der Waals surface area contributed by atoms with Crippen molar-refractivity contribution in [1.82, 2.24) is 16.0 Å². The van der Waals surface area contributed by atoms with E-state index < -0.39 is 12.1 Å². The van der Waals surface area contributed by atoms with Crippen molar-refractivity contribution in [2.75, 3.05) is 18.5 Å². The molecule has 124 valence electrons. The summed E-state index contributed by atoms with van der Waals surface area (Å²) in [5.41, 5.74) is 1.08. The summed E-state index contributed by atoms with van der Waals surface area (Å²) in [6.07, 6.45) is 0.493. The number of hydrogen-bond acceptors (Lipinski definition) is 4. The molecule has 2 unspecified atom stereocenters.